The first-order chi connectivity index (χ1) is 4.71. The third kappa shape index (κ3) is 6.27. The molecule has 0 amide bonds. The quantitative estimate of drug-likeness (QED) is 0.543. The average Bonchev–Trinajstić information content (AvgIpc) is 1.55. The Balaban J connectivity index is 3.44. The van der Waals surface area contributed by atoms with E-state index in [9.17, 15) is 0 Å². The molecule has 2 nitrogen and oxygen atoms in total. The van der Waals surface area contributed by atoms with Gasteiger partial charge in [0.05, 0.1) is 18.6 Å². The van der Waals surface area contributed by atoms with Crippen LogP contribution in [-0.4, -0.2) is 34.8 Å². The van der Waals surface area contributed by atoms with Gasteiger partial charge in [-0.1, -0.05) is 0 Å². The molecule has 0 aliphatic heterocycles. The summed E-state index contributed by atoms with van der Waals surface area (Å²) < 4.78 is 26.5. The van der Waals surface area contributed by atoms with Crippen LogP contribution in [0.15, 0.2) is 0 Å². The van der Waals surface area contributed by atoms with Gasteiger partial charge in [0.15, 0.2) is 0 Å². The molecular formula is C4H10O2S. The highest BCUT2D eigenvalue weighted by atomic mass is 32.2. The van der Waals surface area contributed by atoms with Crippen molar-refractivity contribution in [2.45, 2.75) is 0 Å². The van der Waals surface area contributed by atoms with Gasteiger partial charge in [-0.3, -0.25) is 0 Å². The normalized spacial score (nSPS) is 22.0. The van der Waals surface area contributed by atoms with Gasteiger partial charge in [-0.2, -0.15) is 11.8 Å². The van der Waals surface area contributed by atoms with Crippen LogP contribution in [0.4, 0.5) is 0 Å². The van der Waals surface area contributed by atoms with Crippen molar-refractivity contribution in [1.29, 1.82) is 0 Å². The minimum atomic E-state index is -2.30. The molecule has 0 radical (unpaired) electrons. The van der Waals surface area contributed by atoms with E-state index in [-0.39, 0.29) is 11.5 Å². The molecule has 0 aromatic heterocycles. The summed E-state index contributed by atoms with van der Waals surface area (Å²) in [6, 6.07) is 0. The molecule has 0 atom stereocenters. The molecule has 0 aliphatic carbocycles. The lowest BCUT2D eigenvalue weighted by atomic mass is 10.9. The lowest BCUT2D eigenvalue weighted by Crippen LogP contribution is -1.91. The Morgan fingerprint density at radius 2 is 1.71 bits per heavy atom. The third-order valence-electron chi connectivity index (χ3n) is 0.333. The Bertz CT molecular complexity index is 104. The van der Waals surface area contributed by atoms with Gasteiger partial charge in [0.1, 0.15) is 0 Å². The van der Waals surface area contributed by atoms with Crippen LogP contribution in [0.2, 0.25) is 0 Å². The van der Waals surface area contributed by atoms with Crippen molar-refractivity contribution in [3.8, 4) is 0 Å². The molecule has 0 rings (SSSR count). The molecule has 7 heavy (non-hydrogen) atoms. The summed E-state index contributed by atoms with van der Waals surface area (Å²) in [5, 5.41) is 17.0. The zero-order chi connectivity index (χ0) is 9.12. The average molecular weight is 126 g/mol. The van der Waals surface area contributed by atoms with Crippen molar-refractivity contribution in [2.75, 3.05) is 24.6 Å². The van der Waals surface area contributed by atoms with Crippen LogP contribution in [-0.2, 0) is 0 Å². The van der Waals surface area contributed by atoms with Crippen LogP contribution in [0.3, 0.4) is 0 Å². The van der Waals surface area contributed by atoms with Crippen LogP contribution in [0.25, 0.3) is 0 Å². The van der Waals surface area contributed by atoms with Gasteiger partial charge in [0, 0.05) is 11.5 Å². The van der Waals surface area contributed by atoms with E-state index in [1.54, 1.807) is 0 Å². The Morgan fingerprint density at radius 1 is 1.29 bits per heavy atom. The van der Waals surface area contributed by atoms with Gasteiger partial charge in [-0.05, 0) is 0 Å². The fourth-order valence-corrected chi connectivity index (χ4v) is 0.427. The van der Waals surface area contributed by atoms with Crippen molar-refractivity contribution in [3.63, 3.8) is 0 Å². The van der Waals surface area contributed by atoms with Crippen LogP contribution < -0.4 is 0 Å². The molecule has 0 saturated heterocycles. The molecule has 0 heterocycles. The number of aliphatic hydroxyl groups is 2. The number of hydrogen-bond acceptors (Lipinski definition) is 3. The van der Waals surface area contributed by atoms with E-state index >= 15 is 0 Å². The topological polar surface area (TPSA) is 40.5 Å². The number of rotatable bonds is 4. The Hall–Kier alpha value is 0.270. The van der Waals surface area contributed by atoms with E-state index < -0.39 is 13.1 Å². The van der Waals surface area contributed by atoms with Gasteiger partial charge < -0.3 is 10.2 Å². The maximum Gasteiger partial charge on any atom is 0.0572 e. The summed E-state index contributed by atoms with van der Waals surface area (Å²) in [5.74, 6) is -0.486. The highest BCUT2D eigenvalue weighted by molar-refractivity contribution is 7.99. The van der Waals surface area contributed by atoms with Crippen LogP contribution >= 0.6 is 11.8 Å². The fraction of sp³-hybridized carbons (Fsp3) is 1.00. The minimum Gasteiger partial charge on any atom is -0.396 e. The standard InChI is InChI=1S/C4H10O2S/c5-1-3-7-4-2-6/h5-6H,1-4H2/i1D2,2D2. The molecule has 0 saturated carbocycles. The van der Waals surface area contributed by atoms with E-state index in [0.29, 0.717) is 0 Å². The van der Waals surface area contributed by atoms with Gasteiger partial charge in [0.25, 0.3) is 0 Å². The zero-order valence-corrected chi connectivity index (χ0v) is 4.53. The summed E-state index contributed by atoms with van der Waals surface area (Å²) in [4.78, 5) is 0. The Labute approximate surface area is 53.2 Å². The molecule has 0 aliphatic rings. The molecule has 0 spiro atoms. The second-order valence-corrected chi connectivity index (χ2v) is 1.79. The molecule has 0 bridgehead atoms. The Kier molecular flexibility index (Phi) is 2.43. The molecule has 44 valence electrons. The summed E-state index contributed by atoms with van der Waals surface area (Å²) >= 11 is 0.817. The monoisotopic (exact) mass is 126 g/mol. The molecule has 3 heteroatoms. The maximum atomic E-state index is 8.52. The lowest BCUT2D eigenvalue weighted by molar-refractivity contribution is 0.318. The maximum absolute atomic E-state index is 8.52. The number of thioether (sulfide) groups is 1. The van der Waals surface area contributed by atoms with Crippen molar-refractivity contribution >= 4 is 11.8 Å². The first-order valence-corrected chi connectivity index (χ1v) is 2.89. The molecule has 0 aromatic carbocycles. The highest BCUT2D eigenvalue weighted by Crippen LogP contribution is 1.94. The zero-order valence-electron chi connectivity index (χ0n) is 7.72. The summed E-state index contributed by atoms with van der Waals surface area (Å²) in [6.45, 7) is -4.59. The lowest BCUT2D eigenvalue weighted by Gasteiger charge is -1.90. The van der Waals surface area contributed by atoms with E-state index in [2.05, 4.69) is 0 Å². The Morgan fingerprint density at radius 3 is 2.00 bits per heavy atom. The first kappa shape index (κ1) is 2.71. The van der Waals surface area contributed by atoms with E-state index in [1.165, 1.54) is 0 Å². The third-order valence-corrected chi connectivity index (χ3v) is 1.000. The van der Waals surface area contributed by atoms with Crippen molar-refractivity contribution in [2.24, 2.45) is 0 Å². The summed E-state index contributed by atoms with van der Waals surface area (Å²) in [6.07, 6.45) is 0. The van der Waals surface area contributed by atoms with Gasteiger partial charge in [-0.25, -0.2) is 0 Å². The highest BCUT2D eigenvalue weighted by Gasteiger charge is 1.81. The molecule has 0 unspecified atom stereocenters. The number of hydrogen-bond donors (Lipinski definition) is 2. The van der Waals surface area contributed by atoms with Crippen LogP contribution in [0.1, 0.15) is 5.48 Å². The van der Waals surface area contributed by atoms with Crippen LogP contribution in [0.5, 0.6) is 0 Å². The smallest absolute Gasteiger partial charge is 0.0572 e. The van der Waals surface area contributed by atoms with Crippen molar-refractivity contribution in [1.82, 2.24) is 0 Å². The van der Waals surface area contributed by atoms with Gasteiger partial charge >= 0.3 is 0 Å². The molecular weight excluding hydrogens is 112 g/mol. The first-order valence-electron chi connectivity index (χ1n) is 3.73. The summed E-state index contributed by atoms with van der Waals surface area (Å²) in [5.41, 5.74) is 0. The van der Waals surface area contributed by atoms with Crippen molar-refractivity contribution < 1.29 is 15.7 Å². The minimum absolute atomic E-state index is 0.243. The van der Waals surface area contributed by atoms with E-state index in [4.69, 9.17) is 15.7 Å². The second-order valence-electron chi connectivity index (χ2n) is 0.809. The van der Waals surface area contributed by atoms with E-state index in [1.807, 2.05) is 0 Å². The van der Waals surface area contributed by atoms with Crippen molar-refractivity contribution in [3.05, 3.63) is 0 Å². The molecule has 0 fully saturated rings. The molecule has 0 aromatic rings. The van der Waals surface area contributed by atoms with Gasteiger partial charge in [0.2, 0.25) is 0 Å². The van der Waals surface area contributed by atoms with Crippen LogP contribution in [0, 0.1) is 0 Å². The van der Waals surface area contributed by atoms with E-state index in [0.717, 1.165) is 11.8 Å². The predicted octanol–water partition coefficient (Wildman–Crippen LogP) is -0.296. The molecule has 2 N–H and O–H groups in total. The summed E-state index contributed by atoms with van der Waals surface area (Å²) in [7, 11) is 0. The fourth-order valence-electron chi connectivity index (χ4n) is 0.142. The van der Waals surface area contributed by atoms with Gasteiger partial charge in [-0.15, -0.1) is 0 Å². The SMILES string of the molecule is [2H]C([2H])(O)CSCC([2H])([2H])O. The second kappa shape index (κ2) is 6.27. The predicted molar refractivity (Wildman–Crippen MR) is 31.5 cm³/mol. The largest absolute Gasteiger partial charge is 0.396 e.